The Bertz CT molecular complexity index is 1020. The molecule has 1 fully saturated rings. The third kappa shape index (κ3) is 9.10. The molecule has 1 saturated heterocycles. The molecule has 1 N–H and O–H groups in total. The molecular weight excluding hydrogens is 466 g/mol. The number of nitroso groups, excluding NO2 is 2. The summed E-state index contributed by atoms with van der Waals surface area (Å²) < 4.78 is 5.39. The van der Waals surface area contributed by atoms with E-state index < -0.39 is 18.3 Å². The van der Waals surface area contributed by atoms with Crippen molar-refractivity contribution in [3.63, 3.8) is 0 Å². The van der Waals surface area contributed by atoms with Gasteiger partial charge in [0, 0.05) is 30.9 Å². The SMILES string of the molecule is C=C/C=C(\C=C1\C=CC(/C=C(C#N)/C(=C\CC)NC2CC(N=O)COC2N=O)=CC1)N(CCC)CCC. The van der Waals surface area contributed by atoms with Crippen molar-refractivity contribution in [3.8, 4) is 6.07 Å². The smallest absolute Gasteiger partial charge is 0.209 e. The van der Waals surface area contributed by atoms with Crippen LogP contribution in [0.1, 0.15) is 52.9 Å². The van der Waals surface area contributed by atoms with Crippen molar-refractivity contribution in [2.45, 2.75) is 71.2 Å². The number of rotatable bonds is 14. The number of nitrogens with one attached hydrogen (secondary N) is 1. The molecule has 3 atom stereocenters. The molecule has 37 heavy (non-hydrogen) atoms. The van der Waals surface area contributed by atoms with E-state index in [1.165, 1.54) is 5.57 Å². The van der Waals surface area contributed by atoms with Gasteiger partial charge in [-0.25, -0.2) is 0 Å². The molecule has 2 rings (SSSR count). The molecule has 0 aromatic carbocycles. The van der Waals surface area contributed by atoms with Crippen LogP contribution >= 0.6 is 0 Å². The van der Waals surface area contributed by atoms with Crippen molar-refractivity contribution in [2.75, 3.05) is 19.7 Å². The lowest BCUT2D eigenvalue weighted by atomic mass is 9.98. The van der Waals surface area contributed by atoms with Crippen LogP contribution in [0.5, 0.6) is 0 Å². The summed E-state index contributed by atoms with van der Waals surface area (Å²) in [5.41, 5.74) is 4.26. The second-order valence-corrected chi connectivity index (χ2v) is 9.05. The molecule has 1 aliphatic heterocycles. The molecule has 8 heteroatoms. The van der Waals surface area contributed by atoms with Crippen LogP contribution in [0.25, 0.3) is 0 Å². The van der Waals surface area contributed by atoms with E-state index in [1.807, 2.05) is 37.3 Å². The fourth-order valence-corrected chi connectivity index (χ4v) is 4.35. The monoisotopic (exact) mass is 505 g/mol. The molecule has 0 aromatic heterocycles. The first-order valence-electron chi connectivity index (χ1n) is 13.0. The van der Waals surface area contributed by atoms with Gasteiger partial charge < -0.3 is 15.0 Å². The van der Waals surface area contributed by atoms with Crippen molar-refractivity contribution in [1.29, 1.82) is 5.26 Å². The molecule has 1 heterocycles. The molecule has 0 spiro atoms. The first kappa shape index (κ1) is 29.7. The number of ether oxygens (including phenoxy) is 1. The van der Waals surface area contributed by atoms with E-state index in [9.17, 15) is 15.1 Å². The van der Waals surface area contributed by atoms with Crippen molar-refractivity contribution >= 4 is 0 Å². The quantitative estimate of drug-likeness (QED) is 0.168. The van der Waals surface area contributed by atoms with E-state index in [1.54, 1.807) is 0 Å². The highest BCUT2D eigenvalue weighted by molar-refractivity contribution is 5.51. The Hall–Kier alpha value is -3.57. The van der Waals surface area contributed by atoms with E-state index in [-0.39, 0.29) is 6.61 Å². The number of allylic oxidation sites excluding steroid dienone is 11. The average Bonchev–Trinajstić information content (AvgIpc) is 2.92. The summed E-state index contributed by atoms with van der Waals surface area (Å²) in [5.74, 6) is 0. The second-order valence-electron chi connectivity index (χ2n) is 9.05. The maximum Gasteiger partial charge on any atom is 0.209 e. The van der Waals surface area contributed by atoms with Crippen molar-refractivity contribution in [2.24, 2.45) is 10.4 Å². The van der Waals surface area contributed by atoms with Crippen LogP contribution < -0.4 is 5.32 Å². The number of nitrogens with zero attached hydrogens (tertiary/aromatic N) is 4. The van der Waals surface area contributed by atoms with Gasteiger partial charge in [-0.05, 0) is 60.2 Å². The number of hydrogen-bond acceptors (Lipinski definition) is 8. The van der Waals surface area contributed by atoms with Crippen LogP contribution in [0.15, 0.2) is 93.7 Å². The zero-order chi connectivity index (χ0) is 27.0. The summed E-state index contributed by atoms with van der Waals surface area (Å²) in [7, 11) is 0. The standard InChI is InChI=1S/C29H39N5O3/c1-5-9-26(34(15-7-3)16-8-4)18-23-13-11-22(12-14-23)17-24(20-30)27(10-6-2)31-28-19-25(32-35)21-37-29(28)33-36/h5,9-13,17-18,25,28-29,31H,1,6-8,14-16,19,21H2,2-4H3/b23-18-,24-17+,26-9+,27-10+. The van der Waals surface area contributed by atoms with Crippen molar-refractivity contribution in [1.82, 2.24) is 10.2 Å². The van der Waals surface area contributed by atoms with Gasteiger partial charge in [0.15, 0.2) is 0 Å². The molecule has 198 valence electrons. The predicted octanol–water partition coefficient (Wildman–Crippen LogP) is 6.34. The zero-order valence-corrected chi connectivity index (χ0v) is 22.2. The molecule has 1 aliphatic carbocycles. The first-order valence-corrected chi connectivity index (χ1v) is 13.0. The molecule has 0 saturated carbocycles. The molecular formula is C29H39N5O3. The minimum atomic E-state index is -0.947. The first-order chi connectivity index (χ1) is 18.0. The maximum atomic E-state index is 11.3. The largest absolute Gasteiger partial charge is 0.377 e. The Labute approximate surface area is 220 Å². The average molecular weight is 506 g/mol. The van der Waals surface area contributed by atoms with E-state index in [4.69, 9.17) is 4.74 Å². The van der Waals surface area contributed by atoms with Gasteiger partial charge in [-0.1, -0.05) is 62.9 Å². The Morgan fingerprint density at radius 2 is 2.00 bits per heavy atom. The van der Waals surface area contributed by atoms with E-state index in [0.717, 1.165) is 43.6 Å². The summed E-state index contributed by atoms with van der Waals surface area (Å²) in [5, 5.41) is 19.2. The lowest BCUT2D eigenvalue weighted by Gasteiger charge is -2.31. The fraction of sp³-hybridized carbons (Fsp3) is 0.483. The van der Waals surface area contributed by atoms with Gasteiger partial charge in [-0.2, -0.15) is 10.2 Å². The normalized spacial score (nSPS) is 23.7. The molecule has 0 radical (unpaired) electrons. The lowest BCUT2D eigenvalue weighted by molar-refractivity contribution is -0.0114. The fourth-order valence-electron chi connectivity index (χ4n) is 4.35. The highest BCUT2D eigenvalue weighted by atomic mass is 16.5. The minimum absolute atomic E-state index is 0.0672. The molecule has 0 aromatic rings. The highest BCUT2D eigenvalue weighted by Crippen LogP contribution is 2.24. The summed E-state index contributed by atoms with van der Waals surface area (Å²) in [4.78, 5) is 24.7. The molecule has 3 unspecified atom stereocenters. The van der Waals surface area contributed by atoms with E-state index in [0.29, 0.717) is 24.1 Å². The van der Waals surface area contributed by atoms with Crippen LogP contribution in [-0.4, -0.2) is 42.9 Å². The van der Waals surface area contributed by atoms with Gasteiger partial charge >= 0.3 is 0 Å². The van der Waals surface area contributed by atoms with Gasteiger partial charge in [0.2, 0.25) is 6.23 Å². The van der Waals surface area contributed by atoms with Gasteiger partial charge in [0.05, 0.1) is 18.2 Å². The number of hydrogen-bond donors (Lipinski definition) is 1. The maximum absolute atomic E-state index is 11.3. The lowest BCUT2D eigenvalue weighted by Crippen LogP contribution is -2.47. The number of nitriles is 1. The molecule has 0 bridgehead atoms. The Balaban J connectivity index is 2.22. The topological polar surface area (TPSA) is 107 Å². The van der Waals surface area contributed by atoms with Crippen LogP contribution in [0.3, 0.4) is 0 Å². The Morgan fingerprint density at radius 1 is 1.24 bits per heavy atom. The molecule has 2 aliphatic rings. The minimum Gasteiger partial charge on any atom is -0.377 e. The zero-order valence-electron chi connectivity index (χ0n) is 22.2. The third-order valence-electron chi connectivity index (χ3n) is 6.09. The van der Waals surface area contributed by atoms with Crippen LogP contribution in [0.4, 0.5) is 0 Å². The van der Waals surface area contributed by atoms with Crippen LogP contribution in [0.2, 0.25) is 0 Å². The summed E-state index contributed by atoms with van der Waals surface area (Å²) in [6, 6.07) is 1.16. The summed E-state index contributed by atoms with van der Waals surface area (Å²) in [6.07, 6.45) is 18.9. The van der Waals surface area contributed by atoms with Crippen molar-refractivity contribution < 1.29 is 4.74 Å². The van der Waals surface area contributed by atoms with Crippen LogP contribution in [-0.2, 0) is 4.74 Å². The Morgan fingerprint density at radius 3 is 2.54 bits per heavy atom. The van der Waals surface area contributed by atoms with Gasteiger partial charge in [-0.3, -0.25) is 0 Å². The summed E-state index contributed by atoms with van der Waals surface area (Å²) >= 11 is 0. The molecule has 8 nitrogen and oxygen atoms in total. The van der Waals surface area contributed by atoms with Gasteiger partial charge in [0.1, 0.15) is 12.1 Å². The van der Waals surface area contributed by atoms with E-state index in [2.05, 4.69) is 65.3 Å². The molecule has 0 amide bonds. The van der Waals surface area contributed by atoms with E-state index >= 15 is 0 Å². The highest BCUT2D eigenvalue weighted by Gasteiger charge is 2.33. The van der Waals surface area contributed by atoms with Crippen LogP contribution in [0, 0.1) is 21.1 Å². The van der Waals surface area contributed by atoms with Crippen molar-refractivity contribution in [3.05, 3.63) is 93.1 Å². The van der Waals surface area contributed by atoms with Gasteiger partial charge in [0.25, 0.3) is 0 Å². The third-order valence-corrected chi connectivity index (χ3v) is 6.09. The Kier molecular flexibility index (Phi) is 13.0. The second kappa shape index (κ2) is 16.2. The van der Waals surface area contributed by atoms with Gasteiger partial charge in [-0.15, -0.1) is 4.91 Å². The summed E-state index contributed by atoms with van der Waals surface area (Å²) in [6.45, 7) is 12.3. The predicted molar refractivity (Wildman–Crippen MR) is 149 cm³/mol.